The van der Waals surface area contributed by atoms with Crippen molar-refractivity contribution in [1.82, 2.24) is 10.9 Å². The van der Waals surface area contributed by atoms with Gasteiger partial charge in [0.15, 0.2) is 0 Å². The van der Waals surface area contributed by atoms with Crippen molar-refractivity contribution in [3.05, 3.63) is 60.2 Å². The van der Waals surface area contributed by atoms with Crippen molar-refractivity contribution in [2.75, 3.05) is 6.61 Å². The predicted molar refractivity (Wildman–Crippen MR) is 86.5 cm³/mol. The molecule has 2 amide bonds. The monoisotopic (exact) mass is 310 g/mol. The maximum Gasteiger partial charge on any atom is 0.269 e. The zero-order valence-electron chi connectivity index (χ0n) is 12.6. The van der Waals surface area contributed by atoms with Crippen LogP contribution in [0.3, 0.4) is 0 Å². The van der Waals surface area contributed by atoms with E-state index in [1.165, 1.54) is 0 Å². The Bertz CT molecular complexity index is 677. The van der Waals surface area contributed by atoms with Crippen molar-refractivity contribution >= 4 is 11.8 Å². The van der Waals surface area contributed by atoms with E-state index in [4.69, 9.17) is 4.74 Å². The number of carbonyl (C=O) groups is 2. The molecule has 0 aliphatic carbocycles. The van der Waals surface area contributed by atoms with E-state index in [0.29, 0.717) is 18.6 Å². The number of hydrazine groups is 1. The highest BCUT2D eigenvalue weighted by atomic mass is 16.5. The van der Waals surface area contributed by atoms with Gasteiger partial charge < -0.3 is 4.74 Å². The predicted octanol–water partition coefficient (Wildman–Crippen LogP) is 2.29. The van der Waals surface area contributed by atoms with Crippen molar-refractivity contribution in [2.24, 2.45) is 0 Å². The average molecular weight is 310 g/mol. The zero-order chi connectivity index (χ0) is 16.1. The minimum Gasteiger partial charge on any atom is -0.368 e. The lowest BCUT2D eigenvalue weighted by atomic mass is 10.0. The van der Waals surface area contributed by atoms with Crippen LogP contribution in [0.15, 0.2) is 54.6 Å². The molecule has 23 heavy (non-hydrogen) atoms. The van der Waals surface area contributed by atoms with Gasteiger partial charge in [-0.3, -0.25) is 20.4 Å². The van der Waals surface area contributed by atoms with Crippen molar-refractivity contribution in [1.29, 1.82) is 0 Å². The Morgan fingerprint density at radius 1 is 0.913 bits per heavy atom. The van der Waals surface area contributed by atoms with Gasteiger partial charge in [0, 0.05) is 12.2 Å². The van der Waals surface area contributed by atoms with E-state index in [-0.39, 0.29) is 11.8 Å². The van der Waals surface area contributed by atoms with Crippen LogP contribution in [-0.2, 0) is 9.53 Å². The summed E-state index contributed by atoms with van der Waals surface area (Å²) < 4.78 is 5.25. The SMILES string of the molecule is O=C(NNC(=O)[C@@H]1CCCO1)c1ccc(-c2ccccc2)cc1. The third kappa shape index (κ3) is 3.76. The number of hydrogen-bond donors (Lipinski definition) is 2. The second kappa shape index (κ2) is 7.07. The molecule has 0 saturated carbocycles. The third-order valence-electron chi connectivity index (χ3n) is 3.78. The van der Waals surface area contributed by atoms with Gasteiger partial charge >= 0.3 is 0 Å². The van der Waals surface area contributed by atoms with Gasteiger partial charge in [-0.15, -0.1) is 0 Å². The summed E-state index contributed by atoms with van der Waals surface area (Å²) in [6.45, 7) is 0.590. The number of carbonyl (C=O) groups excluding carboxylic acids is 2. The van der Waals surface area contributed by atoms with Crippen LogP contribution < -0.4 is 10.9 Å². The smallest absolute Gasteiger partial charge is 0.269 e. The Kier molecular flexibility index (Phi) is 4.68. The van der Waals surface area contributed by atoms with E-state index < -0.39 is 6.10 Å². The molecule has 0 spiro atoms. The van der Waals surface area contributed by atoms with Crippen LogP contribution in [0, 0.1) is 0 Å². The van der Waals surface area contributed by atoms with Crippen LogP contribution in [0.5, 0.6) is 0 Å². The fourth-order valence-corrected chi connectivity index (χ4v) is 2.50. The second-order valence-electron chi connectivity index (χ2n) is 5.39. The van der Waals surface area contributed by atoms with Crippen molar-refractivity contribution < 1.29 is 14.3 Å². The highest BCUT2D eigenvalue weighted by molar-refractivity contribution is 5.96. The minimum absolute atomic E-state index is 0.309. The molecule has 2 aromatic rings. The van der Waals surface area contributed by atoms with Crippen LogP contribution in [0.4, 0.5) is 0 Å². The van der Waals surface area contributed by atoms with Crippen LogP contribution in [0.25, 0.3) is 11.1 Å². The van der Waals surface area contributed by atoms with Crippen molar-refractivity contribution in [2.45, 2.75) is 18.9 Å². The molecule has 0 unspecified atom stereocenters. The summed E-state index contributed by atoms with van der Waals surface area (Å²) in [6.07, 6.45) is 1.09. The largest absolute Gasteiger partial charge is 0.368 e. The summed E-state index contributed by atoms with van der Waals surface area (Å²) in [5, 5.41) is 0. The van der Waals surface area contributed by atoms with Gasteiger partial charge in [-0.1, -0.05) is 42.5 Å². The summed E-state index contributed by atoms with van der Waals surface area (Å²) in [5.41, 5.74) is 7.43. The molecule has 5 heteroatoms. The van der Waals surface area contributed by atoms with Crippen LogP contribution in [0.1, 0.15) is 23.2 Å². The molecule has 1 saturated heterocycles. The van der Waals surface area contributed by atoms with E-state index in [9.17, 15) is 9.59 Å². The highest BCUT2D eigenvalue weighted by Crippen LogP contribution is 2.19. The number of amides is 2. The van der Waals surface area contributed by atoms with Gasteiger partial charge in [-0.05, 0) is 36.1 Å². The number of nitrogens with one attached hydrogen (secondary N) is 2. The normalized spacial score (nSPS) is 16.8. The summed E-state index contributed by atoms with van der Waals surface area (Å²) in [6, 6.07) is 17.1. The summed E-state index contributed by atoms with van der Waals surface area (Å²) in [5.74, 6) is -0.660. The molecule has 0 aromatic heterocycles. The van der Waals surface area contributed by atoms with E-state index in [1.807, 2.05) is 42.5 Å². The molecule has 3 rings (SSSR count). The topological polar surface area (TPSA) is 67.4 Å². The first kappa shape index (κ1) is 15.2. The van der Waals surface area contributed by atoms with E-state index in [1.54, 1.807) is 12.1 Å². The van der Waals surface area contributed by atoms with Gasteiger partial charge in [-0.2, -0.15) is 0 Å². The van der Waals surface area contributed by atoms with E-state index in [0.717, 1.165) is 17.5 Å². The lowest BCUT2D eigenvalue weighted by Gasteiger charge is -2.11. The van der Waals surface area contributed by atoms with E-state index >= 15 is 0 Å². The van der Waals surface area contributed by atoms with Gasteiger partial charge in [0.1, 0.15) is 6.10 Å². The van der Waals surface area contributed by atoms with Gasteiger partial charge in [0.25, 0.3) is 11.8 Å². The third-order valence-corrected chi connectivity index (χ3v) is 3.78. The zero-order valence-corrected chi connectivity index (χ0v) is 12.6. The fourth-order valence-electron chi connectivity index (χ4n) is 2.50. The van der Waals surface area contributed by atoms with Gasteiger partial charge in [0.2, 0.25) is 0 Å². The molecular weight excluding hydrogens is 292 g/mol. The highest BCUT2D eigenvalue weighted by Gasteiger charge is 2.23. The minimum atomic E-state index is -0.462. The van der Waals surface area contributed by atoms with Crippen molar-refractivity contribution in [3.63, 3.8) is 0 Å². The molecule has 0 bridgehead atoms. The molecule has 1 atom stereocenters. The second-order valence-corrected chi connectivity index (χ2v) is 5.39. The molecule has 1 aliphatic rings. The Hall–Kier alpha value is -2.66. The fraction of sp³-hybridized carbons (Fsp3) is 0.222. The molecule has 118 valence electrons. The number of benzene rings is 2. The summed E-state index contributed by atoms with van der Waals surface area (Å²) in [4.78, 5) is 23.8. The molecule has 0 radical (unpaired) electrons. The maximum atomic E-state index is 12.0. The molecule has 1 heterocycles. The first-order chi connectivity index (χ1) is 11.2. The van der Waals surface area contributed by atoms with Gasteiger partial charge in [-0.25, -0.2) is 0 Å². The van der Waals surface area contributed by atoms with Crippen LogP contribution in [0.2, 0.25) is 0 Å². The van der Waals surface area contributed by atoms with E-state index in [2.05, 4.69) is 10.9 Å². The quantitative estimate of drug-likeness (QED) is 0.855. The number of ether oxygens (including phenoxy) is 1. The molecule has 1 fully saturated rings. The van der Waals surface area contributed by atoms with Crippen LogP contribution >= 0.6 is 0 Å². The molecule has 1 aliphatic heterocycles. The Balaban J connectivity index is 1.58. The Morgan fingerprint density at radius 2 is 1.61 bits per heavy atom. The maximum absolute atomic E-state index is 12.0. The summed E-state index contributed by atoms with van der Waals surface area (Å²) >= 11 is 0. The molecule has 5 nitrogen and oxygen atoms in total. The Labute approximate surface area is 134 Å². The van der Waals surface area contributed by atoms with Crippen molar-refractivity contribution in [3.8, 4) is 11.1 Å². The standard InChI is InChI=1S/C18H18N2O3/c21-17(19-20-18(22)16-7-4-12-23-16)15-10-8-14(9-11-15)13-5-2-1-3-6-13/h1-3,5-6,8-11,16H,4,7,12H2,(H,19,21)(H,20,22)/t16-/m0/s1. The lowest BCUT2D eigenvalue weighted by Crippen LogP contribution is -2.46. The molecular formula is C18H18N2O3. The number of rotatable bonds is 3. The van der Waals surface area contributed by atoms with Crippen LogP contribution in [-0.4, -0.2) is 24.5 Å². The molecule has 2 N–H and O–H groups in total. The molecule has 2 aromatic carbocycles. The first-order valence-electron chi connectivity index (χ1n) is 7.61. The Morgan fingerprint density at radius 3 is 2.26 bits per heavy atom. The summed E-state index contributed by atoms with van der Waals surface area (Å²) in [7, 11) is 0. The van der Waals surface area contributed by atoms with Gasteiger partial charge in [0.05, 0.1) is 0 Å². The number of hydrogen-bond acceptors (Lipinski definition) is 3. The first-order valence-corrected chi connectivity index (χ1v) is 7.61. The average Bonchev–Trinajstić information content (AvgIpc) is 3.15. The lowest BCUT2D eigenvalue weighted by molar-refractivity contribution is -0.130.